The van der Waals surface area contributed by atoms with Gasteiger partial charge in [0, 0.05) is 13.7 Å². The van der Waals surface area contributed by atoms with Gasteiger partial charge in [-0.3, -0.25) is 0 Å². The van der Waals surface area contributed by atoms with Crippen LogP contribution >= 0.6 is 0 Å². The Morgan fingerprint density at radius 3 is 2.43 bits per heavy atom. The molecule has 23 heavy (non-hydrogen) atoms. The van der Waals surface area contributed by atoms with Crippen LogP contribution in [-0.4, -0.2) is 55.7 Å². The summed E-state index contributed by atoms with van der Waals surface area (Å²) in [4.78, 5) is 4.29. The van der Waals surface area contributed by atoms with E-state index in [2.05, 4.69) is 25.8 Å². The van der Waals surface area contributed by atoms with Gasteiger partial charge < -0.3 is 24.8 Å². The number of methoxy groups -OCH3 is 2. The monoisotopic (exact) mass is 319 g/mol. The lowest BCUT2D eigenvalue weighted by Crippen LogP contribution is -2.15. The molecule has 0 aliphatic heterocycles. The summed E-state index contributed by atoms with van der Waals surface area (Å²) in [5.74, 6) is 2.68. The molecule has 0 radical (unpaired) electrons. The third kappa shape index (κ3) is 5.95. The van der Waals surface area contributed by atoms with Gasteiger partial charge in [-0.05, 0) is 24.3 Å². The fourth-order valence-corrected chi connectivity index (χ4v) is 1.75. The maximum atomic E-state index is 5.61. The van der Waals surface area contributed by atoms with Gasteiger partial charge in [0.2, 0.25) is 5.95 Å². The number of ether oxygens (including phenoxy) is 3. The highest BCUT2D eigenvalue weighted by molar-refractivity contribution is 5.36. The summed E-state index contributed by atoms with van der Waals surface area (Å²) >= 11 is 0. The molecule has 0 spiro atoms. The van der Waals surface area contributed by atoms with Crippen molar-refractivity contribution in [3.8, 4) is 11.5 Å². The summed E-state index contributed by atoms with van der Waals surface area (Å²) in [6.07, 6.45) is 1.56. The standard InChI is InChI=1S/C15H21N5O3/c1-21-9-7-16-14-11-18-20-15(19-14)17-8-10-23-13-5-3-12(22-2)4-6-13/h3-6,11H,7-10H2,1-2H3,(H2,16,17,19,20). The second-order valence-electron chi connectivity index (χ2n) is 4.54. The Bertz CT molecular complexity index is 580. The predicted octanol–water partition coefficient (Wildman–Crippen LogP) is 1.43. The molecule has 1 aromatic carbocycles. The van der Waals surface area contributed by atoms with E-state index in [0.717, 1.165) is 11.5 Å². The first-order valence-corrected chi connectivity index (χ1v) is 7.25. The lowest BCUT2D eigenvalue weighted by Gasteiger charge is -2.09. The topological polar surface area (TPSA) is 90.4 Å². The first-order valence-electron chi connectivity index (χ1n) is 7.25. The molecule has 2 N–H and O–H groups in total. The van der Waals surface area contributed by atoms with Gasteiger partial charge in [0.05, 0.1) is 26.5 Å². The van der Waals surface area contributed by atoms with Crippen molar-refractivity contribution >= 4 is 11.8 Å². The van der Waals surface area contributed by atoms with Crippen molar-refractivity contribution in [1.82, 2.24) is 15.2 Å². The fraction of sp³-hybridized carbons (Fsp3) is 0.400. The van der Waals surface area contributed by atoms with Crippen molar-refractivity contribution in [3.05, 3.63) is 30.5 Å². The zero-order chi connectivity index (χ0) is 16.3. The molecule has 1 aromatic heterocycles. The Labute approximate surface area is 135 Å². The quantitative estimate of drug-likeness (QED) is 0.636. The minimum atomic E-state index is 0.450. The first-order chi connectivity index (χ1) is 11.3. The summed E-state index contributed by atoms with van der Waals surface area (Å²) in [6, 6.07) is 7.42. The summed E-state index contributed by atoms with van der Waals surface area (Å²) in [5.41, 5.74) is 0. The van der Waals surface area contributed by atoms with Crippen molar-refractivity contribution in [3.63, 3.8) is 0 Å². The molecule has 0 aliphatic carbocycles. The van der Waals surface area contributed by atoms with E-state index < -0.39 is 0 Å². The van der Waals surface area contributed by atoms with E-state index in [1.165, 1.54) is 0 Å². The van der Waals surface area contributed by atoms with Crippen LogP contribution in [0.25, 0.3) is 0 Å². The largest absolute Gasteiger partial charge is 0.497 e. The highest BCUT2D eigenvalue weighted by Crippen LogP contribution is 2.16. The van der Waals surface area contributed by atoms with Crippen LogP contribution in [-0.2, 0) is 4.74 Å². The Kier molecular flexibility index (Phi) is 6.86. The molecule has 0 fully saturated rings. The molecule has 0 unspecified atom stereocenters. The number of hydrogen-bond acceptors (Lipinski definition) is 8. The van der Waals surface area contributed by atoms with Gasteiger partial charge in [-0.15, -0.1) is 5.10 Å². The van der Waals surface area contributed by atoms with E-state index in [-0.39, 0.29) is 0 Å². The molecule has 1 heterocycles. The molecular formula is C15H21N5O3. The molecule has 124 valence electrons. The fourth-order valence-electron chi connectivity index (χ4n) is 1.75. The number of anilines is 2. The Morgan fingerprint density at radius 1 is 0.957 bits per heavy atom. The van der Waals surface area contributed by atoms with E-state index in [1.807, 2.05) is 24.3 Å². The SMILES string of the molecule is COCCNc1cnnc(NCCOc2ccc(OC)cc2)n1. The molecule has 0 atom stereocenters. The number of benzene rings is 1. The van der Waals surface area contributed by atoms with Crippen LogP contribution in [0.5, 0.6) is 11.5 Å². The first kappa shape index (κ1) is 16.8. The van der Waals surface area contributed by atoms with Crippen molar-refractivity contribution in [2.75, 3.05) is 51.2 Å². The van der Waals surface area contributed by atoms with E-state index >= 15 is 0 Å². The second-order valence-corrected chi connectivity index (χ2v) is 4.54. The van der Waals surface area contributed by atoms with E-state index in [4.69, 9.17) is 14.2 Å². The van der Waals surface area contributed by atoms with E-state index in [1.54, 1.807) is 20.4 Å². The van der Waals surface area contributed by atoms with Gasteiger partial charge in [-0.25, -0.2) is 0 Å². The molecule has 2 rings (SSSR count). The average Bonchev–Trinajstić information content (AvgIpc) is 2.60. The minimum Gasteiger partial charge on any atom is -0.497 e. The van der Waals surface area contributed by atoms with Crippen molar-refractivity contribution in [2.24, 2.45) is 0 Å². The van der Waals surface area contributed by atoms with Gasteiger partial charge >= 0.3 is 0 Å². The highest BCUT2D eigenvalue weighted by Gasteiger charge is 2.00. The third-order valence-electron chi connectivity index (χ3n) is 2.88. The van der Waals surface area contributed by atoms with Crippen molar-refractivity contribution in [1.29, 1.82) is 0 Å². The molecule has 0 aliphatic rings. The van der Waals surface area contributed by atoms with Crippen LogP contribution in [0.1, 0.15) is 0 Å². The predicted molar refractivity (Wildman–Crippen MR) is 87.2 cm³/mol. The van der Waals surface area contributed by atoms with Gasteiger partial charge in [0.25, 0.3) is 0 Å². The lowest BCUT2D eigenvalue weighted by molar-refractivity contribution is 0.210. The summed E-state index contributed by atoms with van der Waals surface area (Å²) in [6.45, 7) is 2.31. The molecule has 8 nitrogen and oxygen atoms in total. The van der Waals surface area contributed by atoms with Crippen LogP contribution in [0.2, 0.25) is 0 Å². The van der Waals surface area contributed by atoms with Crippen LogP contribution in [0, 0.1) is 0 Å². The molecular weight excluding hydrogens is 298 g/mol. The molecule has 8 heteroatoms. The zero-order valence-corrected chi connectivity index (χ0v) is 13.3. The summed E-state index contributed by atoms with van der Waals surface area (Å²) < 4.78 is 15.7. The third-order valence-corrected chi connectivity index (χ3v) is 2.88. The van der Waals surface area contributed by atoms with Crippen molar-refractivity contribution < 1.29 is 14.2 Å². The molecule has 0 saturated heterocycles. The molecule has 0 amide bonds. The Hall–Kier alpha value is -2.61. The average molecular weight is 319 g/mol. The van der Waals surface area contributed by atoms with Crippen molar-refractivity contribution in [2.45, 2.75) is 0 Å². The van der Waals surface area contributed by atoms with Gasteiger partial charge in [-0.2, -0.15) is 10.1 Å². The molecule has 0 saturated carbocycles. The zero-order valence-electron chi connectivity index (χ0n) is 13.3. The van der Waals surface area contributed by atoms with Gasteiger partial charge in [0.15, 0.2) is 5.82 Å². The van der Waals surface area contributed by atoms with Crippen LogP contribution in [0.3, 0.4) is 0 Å². The summed E-state index contributed by atoms with van der Waals surface area (Å²) in [7, 11) is 3.28. The molecule has 2 aromatic rings. The van der Waals surface area contributed by atoms with Gasteiger partial charge in [0.1, 0.15) is 18.1 Å². The maximum Gasteiger partial charge on any atom is 0.244 e. The number of nitrogens with zero attached hydrogens (tertiary/aromatic N) is 3. The van der Waals surface area contributed by atoms with E-state index in [9.17, 15) is 0 Å². The smallest absolute Gasteiger partial charge is 0.244 e. The normalized spacial score (nSPS) is 10.2. The Balaban J connectivity index is 1.71. The lowest BCUT2D eigenvalue weighted by atomic mass is 10.3. The molecule has 0 bridgehead atoms. The number of rotatable bonds is 10. The van der Waals surface area contributed by atoms with E-state index in [0.29, 0.717) is 38.1 Å². The second kappa shape index (κ2) is 9.42. The minimum absolute atomic E-state index is 0.450. The number of hydrogen-bond donors (Lipinski definition) is 2. The Morgan fingerprint density at radius 2 is 1.70 bits per heavy atom. The summed E-state index contributed by atoms with van der Waals surface area (Å²) in [5, 5.41) is 14.0. The van der Waals surface area contributed by atoms with Crippen LogP contribution in [0.15, 0.2) is 30.5 Å². The maximum absolute atomic E-state index is 5.61. The number of nitrogens with one attached hydrogen (secondary N) is 2. The van der Waals surface area contributed by atoms with Crippen LogP contribution in [0.4, 0.5) is 11.8 Å². The highest BCUT2D eigenvalue weighted by atomic mass is 16.5. The number of aromatic nitrogens is 3. The van der Waals surface area contributed by atoms with Gasteiger partial charge in [-0.1, -0.05) is 0 Å². The van der Waals surface area contributed by atoms with Crippen LogP contribution < -0.4 is 20.1 Å².